The van der Waals surface area contributed by atoms with Crippen LogP contribution in [0, 0.1) is 0 Å². The Morgan fingerprint density at radius 3 is 2.64 bits per heavy atom. The van der Waals surface area contributed by atoms with Gasteiger partial charge in [-0.2, -0.15) is 5.10 Å². The van der Waals surface area contributed by atoms with Crippen LogP contribution in [0.5, 0.6) is 11.5 Å². The number of benzene rings is 3. The van der Waals surface area contributed by atoms with Gasteiger partial charge in [-0.3, -0.25) is 9.59 Å². The van der Waals surface area contributed by atoms with E-state index < -0.39 is 0 Å². The molecule has 0 fully saturated rings. The predicted octanol–water partition coefficient (Wildman–Crippen LogP) is 5.68. The van der Waals surface area contributed by atoms with E-state index in [-0.39, 0.29) is 18.6 Å². The summed E-state index contributed by atoms with van der Waals surface area (Å²) in [5.41, 5.74) is 2.76. The zero-order valence-corrected chi connectivity index (χ0v) is 20.0. The normalized spacial score (nSPS) is 15.2. The van der Waals surface area contributed by atoms with Gasteiger partial charge in [0.05, 0.1) is 24.4 Å². The third-order valence-electron chi connectivity index (χ3n) is 5.30. The molecule has 6 nitrogen and oxygen atoms in total. The molecule has 0 saturated carbocycles. The molecule has 1 atom stereocenters. The highest BCUT2D eigenvalue weighted by Crippen LogP contribution is 2.35. The largest absolute Gasteiger partial charge is 0.497 e. The van der Waals surface area contributed by atoms with Crippen LogP contribution in [-0.2, 0) is 4.79 Å². The number of aldehydes is 1. The summed E-state index contributed by atoms with van der Waals surface area (Å²) in [7, 11) is 1.60. The van der Waals surface area contributed by atoms with Crippen molar-refractivity contribution in [3.05, 3.63) is 92.9 Å². The van der Waals surface area contributed by atoms with Crippen molar-refractivity contribution in [1.29, 1.82) is 0 Å². The van der Waals surface area contributed by atoms with E-state index in [1.54, 1.807) is 31.4 Å². The van der Waals surface area contributed by atoms with Gasteiger partial charge < -0.3 is 9.47 Å². The van der Waals surface area contributed by atoms with Crippen LogP contribution in [0.15, 0.2) is 76.3 Å². The zero-order valence-electron chi connectivity index (χ0n) is 17.7. The molecule has 33 heavy (non-hydrogen) atoms. The quantitative estimate of drug-likeness (QED) is 0.371. The molecular formula is C25H20BrClN2O4. The van der Waals surface area contributed by atoms with Gasteiger partial charge in [-0.25, -0.2) is 5.01 Å². The lowest BCUT2D eigenvalue weighted by Crippen LogP contribution is -2.31. The maximum atomic E-state index is 13.2. The second-order valence-corrected chi connectivity index (χ2v) is 8.67. The molecule has 0 saturated heterocycles. The fourth-order valence-electron chi connectivity index (χ4n) is 3.63. The molecule has 3 aromatic carbocycles. The van der Waals surface area contributed by atoms with Gasteiger partial charge in [-0.05, 0) is 42.0 Å². The van der Waals surface area contributed by atoms with E-state index in [1.807, 2.05) is 42.5 Å². The van der Waals surface area contributed by atoms with Gasteiger partial charge in [0.2, 0.25) is 0 Å². The molecule has 1 unspecified atom stereocenters. The lowest BCUT2D eigenvalue weighted by molar-refractivity contribution is -0.135. The number of methoxy groups -OCH3 is 1. The Kier molecular flexibility index (Phi) is 7.11. The van der Waals surface area contributed by atoms with Gasteiger partial charge in [0.1, 0.15) is 11.5 Å². The number of ether oxygens (including phenoxy) is 2. The molecule has 1 amide bonds. The highest BCUT2D eigenvalue weighted by Gasteiger charge is 2.34. The second kappa shape index (κ2) is 10.2. The molecule has 0 radical (unpaired) electrons. The summed E-state index contributed by atoms with van der Waals surface area (Å²) in [6.07, 6.45) is 1.19. The maximum absolute atomic E-state index is 13.2. The predicted molar refractivity (Wildman–Crippen MR) is 130 cm³/mol. The Morgan fingerprint density at radius 1 is 1.18 bits per heavy atom. The number of carbonyl (C=O) groups excluding carboxylic acids is 2. The zero-order chi connectivity index (χ0) is 23.4. The smallest absolute Gasteiger partial charge is 0.281 e. The first-order valence-corrected chi connectivity index (χ1v) is 11.3. The molecule has 1 aliphatic heterocycles. The average Bonchev–Trinajstić information content (AvgIpc) is 3.28. The topological polar surface area (TPSA) is 68.2 Å². The van der Waals surface area contributed by atoms with Crippen molar-refractivity contribution in [3.63, 3.8) is 0 Å². The lowest BCUT2D eigenvalue weighted by Gasteiger charge is -2.22. The summed E-state index contributed by atoms with van der Waals surface area (Å²) >= 11 is 9.71. The number of hydrogen-bond donors (Lipinski definition) is 0. The first-order chi connectivity index (χ1) is 16.0. The van der Waals surface area contributed by atoms with Gasteiger partial charge in [0.15, 0.2) is 12.9 Å². The summed E-state index contributed by atoms with van der Waals surface area (Å²) in [5, 5.41) is 6.62. The fourth-order valence-corrected chi connectivity index (χ4v) is 4.26. The summed E-state index contributed by atoms with van der Waals surface area (Å²) in [5.74, 6) is 0.719. The first-order valence-electron chi connectivity index (χ1n) is 10.2. The third-order valence-corrected chi connectivity index (χ3v) is 6.12. The van der Waals surface area contributed by atoms with Crippen LogP contribution in [0.2, 0.25) is 5.02 Å². The molecule has 8 heteroatoms. The number of carbonyl (C=O) groups is 2. The van der Waals surface area contributed by atoms with Crippen LogP contribution >= 0.6 is 27.5 Å². The number of hydrazone groups is 1. The molecule has 0 aliphatic carbocycles. The molecular weight excluding hydrogens is 508 g/mol. The highest BCUT2D eigenvalue weighted by atomic mass is 79.9. The van der Waals surface area contributed by atoms with E-state index in [0.29, 0.717) is 34.8 Å². The minimum atomic E-state index is -0.336. The molecule has 1 heterocycles. The molecule has 0 N–H and O–H groups in total. The van der Waals surface area contributed by atoms with Crippen LogP contribution in [0.25, 0.3) is 0 Å². The molecule has 0 aromatic heterocycles. The van der Waals surface area contributed by atoms with Crippen molar-refractivity contribution in [3.8, 4) is 11.5 Å². The third kappa shape index (κ3) is 5.10. The van der Waals surface area contributed by atoms with Crippen LogP contribution in [0.4, 0.5) is 0 Å². The lowest BCUT2D eigenvalue weighted by atomic mass is 9.98. The van der Waals surface area contributed by atoms with E-state index in [9.17, 15) is 9.59 Å². The van der Waals surface area contributed by atoms with E-state index in [0.717, 1.165) is 21.3 Å². The van der Waals surface area contributed by atoms with Crippen molar-refractivity contribution >= 4 is 45.4 Å². The first kappa shape index (κ1) is 23.0. The maximum Gasteiger partial charge on any atom is 0.281 e. The number of hydrogen-bond acceptors (Lipinski definition) is 5. The van der Waals surface area contributed by atoms with E-state index in [2.05, 4.69) is 21.0 Å². The minimum Gasteiger partial charge on any atom is -0.497 e. The van der Waals surface area contributed by atoms with Gasteiger partial charge in [0.25, 0.3) is 5.91 Å². The van der Waals surface area contributed by atoms with Crippen molar-refractivity contribution in [2.75, 3.05) is 13.7 Å². The van der Waals surface area contributed by atoms with Crippen LogP contribution in [-0.4, -0.2) is 36.6 Å². The van der Waals surface area contributed by atoms with E-state index >= 15 is 0 Å². The highest BCUT2D eigenvalue weighted by molar-refractivity contribution is 9.10. The SMILES string of the molecule is COc1ccc(C2CC(c3ccccc3Cl)=NN2C(=O)COc2ccc(Br)cc2C=O)cc1. The Balaban J connectivity index is 1.61. The molecule has 1 aliphatic rings. The van der Waals surface area contributed by atoms with Crippen molar-refractivity contribution in [1.82, 2.24) is 5.01 Å². The van der Waals surface area contributed by atoms with Gasteiger partial charge >= 0.3 is 0 Å². The number of halogens is 2. The average molecular weight is 528 g/mol. The number of rotatable bonds is 7. The van der Waals surface area contributed by atoms with Crippen molar-refractivity contribution < 1.29 is 19.1 Å². The number of amides is 1. The van der Waals surface area contributed by atoms with Crippen molar-refractivity contribution in [2.24, 2.45) is 5.10 Å². The fraction of sp³-hybridized carbons (Fsp3) is 0.160. The Bertz CT molecular complexity index is 1210. The Hall–Kier alpha value is -3.16. The standard InChI is InChI=1S/C25H20BrClN2O4/c1-32-19-9-6-16(7-10-19)23-13-22(20-4-2-3-5-21(20)27)28-29(23)25(31)15-33-24-11-8-18(26)12-17(24)14-30/h2-12,14,23H,13,15H2,1H3. The summed E-state index contributed by atoms with van der Waals surface area (Å²) in [6, 6.07) is 19.6. The van der Waals surface area contributed by atoms with Gasteiger partial charge in [-0.1, -0.05) is 57.9 Å². The van der Waals surface area contributed by atoms with Crippen LogP contribution < -0.4 is 9.47 Å². The molecule has 0 spiro atoms. The van der Waals surface area contributed by atoms with Gasteiger partial charge in [0, 0.05) is 21.5 Å². The summed E-state index contributed by atoms with van der Waals surface area (Å²) < 4.78 is 11.7. The Morgan fingerprint density at radius 2 is 1.94 bits per heavy atom. The van der Waals surface area contributed by atoms with Gasteiger partial charge in [-0.15, -0.1) is 0 Å². The van der Waals surface area contributed by atoms with Crippen molar-refractivity contribution in [2.45, 2.75) is 12.5 Å². The molecule has 4 rings (SSSR count). The molecule has 168 valence electrons. The van der Waals surface area contributed by atoms with E-state index in [4.69, 9.17) is 21.1 Å². The Labute approximate surface area is 204 Å². The monoisotopic (exact) mass is 526 g/mol. The minimum absolute atomic E-state index is 0.269. The summed E-state index contributed by atoms with van der Waals surface area (Å²) in [6.45, 7) is -0.269. The molecule has 3 aromatic rings. The van der Waals surface area contributed by atoms with Crippen LogP contribution in [0.3, 0.4) is 0 Å². The summed E-state index contributed by atoms with van der Waals surface area (Å²) in [4.78, 5) is 24.6. The number of nitrogens with zero attached hydrogens (tertiary/aromatic N) is 2. The second-order valence-electron chi connectivity index (χ2n) is 7.35. The van der Waals surface area contributed by atoms with E-state index in [1.165, 1.54) is 5.01 Å². The van der Waals surface area contributed by atoms with Crippen LogP contribution in [0.1, 0.15) is 33.9 Å². The molecule has 0 bridgehead atoms.